The van der Waals surface area contributed by atoms with Crippen LogP contribution >= 0.6 is 11.3 Å². The van der Waals surface area contributed by atoms with Crippen LogP contribution in [0.5, 0.6) is 11.5 Å². The van der Waals surface area contributed by atoms with Crippen LogP contribution in [0.3, 0.4) is 0 Å². The zero-order valence-electron chi connectivity index (χ0n) is 14.2. The fourth-order valence-electron chi connectivity index (χ4n) is 2.62. The average molecular weight is 340 g/mol. The number of aromatic nitrogens is 2. The minimum Gasteiger partial charge on any atom is -0.497 e. The first-order chi connectivity index (χ1) is 11.6. The molecule has 24 heavy (non-hydrogen) atoms. The molecule has 2 aromatic heterocycles. The van der Waals surface area contributed by atoms with Crippen LogP contribution in [-0.2, 0) is 0 Å². The Morgan fingerprint density at radius 2 is 1.88 bits per heavy atom. The van der Waals surface area contributed by atoms with Gasteiger partial charge in [0.15, 0.2) is 0 Å². The predicted octanol–water partition coefficient (Wildman–Crippen LogP) is 5.01. The first-order valence-electron chi connectivity index (χ1n) is 7.76. The lowest BCUT2D eigenvalue weighted by Gasteiger charge is -2.10. The van der Waals surface area contributed by atoms with Crippen LogP contribution in [0.4, 0.5) is 0 Å². The molecule has 0 fully saturated rings. The normalized spacial score (nSPS) is 10.9. The van der Waals surface area contributed by atoms with E-state index in [-0.39, 0.29) is 0 Å². The second-order valence-corrected chi connectivity index (χ2v) is 6.58. The van der Waals surface area contributed by atoms with Crippen molar-refractivity contribution < 1.29 is 9.47 Å². The SMILES string of the molecule is COc1ccc(OC)c(-c2csc(-c3cnccc3C(C)C)n2)c1. The Labute approximate surface area is 146 Å². The molecule has 0 saturated carbocycles. The van der Waals surface area contributed by atoms with Crippen LogP contribution in [0, 0.1) is 0 Å². The van der Waals surface area contributed by atoms with E-state index in [1.165, 1.54) is 5.56 Å². The summed E-state index contributed by atoms with van der Waals surface area (Å²) >= 11 is 1.61. The van der Waals surface area contributed by atoms with Gasteiger partial charge in [-0.05, 0) is 35.7 Å². The third-order valence-electron chi connectivity index (χ3n) is 3.89. The molecule has 124 valence electrons. The van der Waals surface area contributed by atoms with Crippen LogP contribution in [0.15, 0.2) is 42.0 Å². The third-order valence-corrected chi connectivity index (χ3v) is 4.77. The summed E-state index contributed by atoms with van der Waals surface area (Å²) in [6.07, 6.45) is 3.72. The van der Waals surface area contributed by atoms with E-state index in [9.17, 15) is 0 Å². The van der Waals surface area contributed by atoms with E-state index >= 15 is 0 Å². The first kappa shape index (κ1) is 16.5. The summed E-state index contributed by atoms with van der Waals surface area (Å²) < 4.78 is 10.8. The molecule has 0 aliphatic carbocycles. The number of benzene rings is 1. The molecule has 0 aliphatic heterocycles. The zero-order valence-corrected chi connectivity index (χ0v) is 15.1. The topological polar surface area (TPSA) is 44.2 Å². The van der Waals surface area contributed by atoms with Crippen molar-refractivity contribution in [1.29, 1.82) is 0 Å². The average Bonchev–Trinajstić information content (AvgIpc) is 3.10. The van der Waals surface area contributed by atoms with Crippen molar-refractivity contribution in [3.8, 4) is 33.3 Å². The molecule has 0 saturated heterocycles. The molecule has 0 N–H and O–H groups in total. The number of hydrogen-bond donors (Lipinski definition) is 0. The van der Waals surface area contributed by atoms with Crippen molar-refractivity contribution in [1.82, 2.24) is 9.97 Å². The summed E-state index contributed by atoms with van der Waals surface area (Å²) in [6, 6.07) is 7.79. The van der Waals surface area contributed by atoms with Gasteiger partial charge in [0.05, 0.1) is 19.9 Å². The van der Waals surface area contributed by atoms with Gasteiger partial charge in [-0.25, -0.2) is 4.98 Å². The fourth-order valence-corrected chi connectivity index (χ4v) is 3.47. The van der Waals surface area contributed by atoms with Gasteiger partial charge in [0.1, 0.15) is 16.5 Å². The number of hydrogen-bond acceptors (Lipinski definition) is 5. The van der Waals surface area contributed by atoms with Crippen molar-refractivity contribution in [2.75, 3.05) is 14.2 Å². The Balaban J connectivity index is 2.06. The molecule has 1 aromatic carbocycles. The monoisotopic (exact) mass is 340 g/mol. The number of nitrogens with zero attached hydrogens (tertiary/aromatic N) is 2. The van der Waals surface area contributed by atoms with Gasteiger partial charge in [-0.2, -0.15) is 0 Å². The van der Waals surface area contributed by atoms with Crippen molar-refractivity contribution in [2.45, 2.75) is 19.8 Å². The highest BCUT2D eigenvalue weighted by Crippen LogP contribution is 2.37. The summed E-state index contributed by atoms with van der Waals surface area (Å²) in [5, 5.41) is 3.01. The van der Waals surface area contributed by atoms with E-state index in [1.807, 2.05) is 36.0 Å². The van der Waals surface area contributed by atoms with Crippen LogP contribution < -0.4 is 9.47 Å². The second kappa shape index (κ2) is 7.01. The number of ether oxygens (including phenoxy) is 2. The summed E-state index contributed by atoms with van der Waals surface area (Å²) in [4.78, 5) is 9.09. The van der Waals surface area contributed by atoms with E-state index in [0.717, 1.165) is 33.3 Å². The van der Waals surface area contributed by atoms with Gasteiger partial charge < -0.3 is 9.47 Å². The van der Waals surface area contributed by atoms with Gasteiger partial charge in [-0.15, -0.1) is 11.3 Å². The lowest BCUT2D eigenvalue weighted by Crippen LogP contribution is -1.93. The van der Waals surface area contributed by atoms with Crippen molar-refractivity contribution in [2.24, 2.45) is 0 Å². The van der Waals surface area contributed by atoms with Gasteiger partial charge in [-0.3, -0.25) is 4.98 Å². The lowest BCUT2D eigenvalue weighted by atomic mass is 10.00. The molecule has 0 bridgehead atoms. The van der Waals surface area contributed by atoms with E-state index in [4.69, 9.17) is 14.5 Å². The largest absolute Gasteiger partial charge is 0.497 e. The van der Waals surface area contributed by atoms with Gasteiger partial charge in [0, 0.05) is 28.9 Å². The number of thiazole rings is 1. The Kier molecular flexibility index (Phi) is 4.81. The summed E-state index contributed by atoms with van der Waals surface area (Å²) in [5.74, 6) is 1.98. The Bertz CT molecular complexity index is 843. The Morgan fingerprint density at radius 1 is 1.04 bits per heavy atom. The maximum absolute atomic E-state index is 5.47. The van der Waals surface area contributed by atoms with Crippen LogP contribution in [0.25, 0.3) is 21.8 Å². The molecule has 0 aliphatic rings. The quantitative estimate of drug-likeness (QED) is 0.655. The molecule has 0 unspecified atom stereocenters. The van der Waals surface area contributed by atoms with Crippen molar-refractivity contribution in [3.05, 3.63) is 47.6 Å². The van der Waals surface area contributed by atoms with Crippen molar-refractivity contribution in [3.63, 3.8) is 0 Å². The van der Waals surface area contributed by atoms with E-state index < -0.39 is 0 Å². The van der Waals surface area contributed by atoms with E-state index in [1.54, 1.807) is 25.6 Å². The first-order valence-corrected chi connectivity index (χ1v) is 8.64. The molecular formula is C19H20N2O2S. The highest BCUT2D eigenvalue weighted by atomic mass is 32.1. The van der Waals surface area contributed by atoms with Crippen LogP contribution in [0.1, 0.15) is 25.3 Å². The van der Waals surface area contributed by atoms with Crippen LogP contribution in [0.2, 0.25) is 0 Å². The molecule has 4 nitrogen and oxygen atoms in total. The summed E-state index contributed by atoms with van der Waals surface area (Å²) in [5.41, 5.74) is 4.15. The molecular weight excluding hydrogens is 320 g/mol. The lowest BCUT2D eigenvalue weighted by molar-refractivity contribution is 0.404. The summed E-state index contributed by atoms with van der Waals surface area (Å²) in [7, 11) is 3.32. The minimum atomic E-state index is 0.418. The highest BCUT2D eigenvalue weighted by Gasteiger charge is 2.15. The highest BCUT2D eigenvalue weighted by molar-refractivity contribution is 7.13. The summed E-state index contributed by atoms with van der Waals surface area (Å²) in [6.45, 7) is 4.36. The minimum absolute atomic E-state index is 0.418. The second-order valence-electron chi connectivity index (χ2n) is 5.72. The standard InChI is InChI=1S/C19H20N2O2S/c1-12(2)14-7-8-20-10-16(14)19-21-17(11-24-19)15-9-13(22-3)5-6-18(15)23-4/h5-12H,1-4H3. The maximum Gasteiger partial charge on any atom is 0.128 e. The Hall–Kier alpha value is -2.40. The van der Waals surface area contributed by atoms with Gasteiger partial charge in [0.25, 0.3) is 0 Å². The molecule has 0 atom stereocenters. The van der Waals surface area contributed by atoms with Crippen molar-refractivity contribution >= 4 is 11.3 Å². The van der Waals surface area contributed by atoms with Gasteiger partial charge in [-0.1, -0.05) is 13.8 Å². The number of pyridine rings is 1. The zero-order chi connectivity index (χ0) is 17.1. The Morgan fingerprint density at radius 3 is 2.58 bits per heavy atom. The molecule has 3 aromatic rings. The van der Waals surface area contributed by atoms with Crippen LogP contribution in [-0.4, -0.2) is 24.2 Å². The van der Waals surface area contributed by atoms with Gasteiger partial charge >= 0.3 is 0 Å². The molecule has 5 heteroatoms. The molecule has 3 rings (SSSR count). The third kappa shape index (κ3) is 3.12. The number of methoxy groups -OCH3 is 2. The van der Waals surface area contributed by atoms with Gasteiger partial charge in [0.2, 0.25) is 0 Å². The predicted molar refractivity (Wildman–Crippen MR) is 98.0 cm³/mol. The smallest absolute Gasteiger partial charge is 0.128 e. The molecule has 2 heterocycles. The molecule has 0 spiro atoms. The van der Waals surface area contributed by atoms with E-state index in [2.05, 4.69) is 24.9 Å². The maximum atomic E-state index is 5.47. The fraction of sp³-hybridized carbons (Fsp3) is 0.263. The number of rotatable bonds is 5. The van der Waals surface area contributed by atoms with E-state index in [0.29, 0.717) is 5.92 Å². The molecule has 0 radical (unpaired) electrons. The molecule has 0 amide bonds.